The minimum Gasteiger partial charge on any atom is -0.380 e. The molecule has 248 valence electrons. The maximum atomic E-state index is 14.7. The molecular formula is C30H21B3ClF7N6O2. The van der Waals surface area contributed by atoms with Crippen LogP contribution in [0.2, 0.25) is 10.1 Å². The van der Waals surface area contributed by atoms with E-state index in [1.807, 2.05) is 0 Å². The maximum Gasteiger partial charge on any atom is 0.417 e. The molecular weight excluding hydrogens is 677 g/mol. The van der Waals surface area contributed by atoms with Gasteiger partial charge in [0, 0.05) is 32.6 Å². The normalized spacial score (nSPS) is 14.4. The number of aromatic nitrogens is 2. The monoisotopic (exact) mass is 698 g/mol. The highest BCUT2D eigenvalue weighted by atomic mass is 35.5. The van der Waals surface area contributed by atoms with Gasteiger partial charge in [-0.05, 0) is 55.1 Å². The largest absolute Gasteiger partial charge is 0.417 e. The molecule has 19 heteroatoms. The summed E-state index contributed by atoms with van der Waals surface area (Å²) in [6, 6.07) is 4.16. The van der Waals surface area contributed by atoms with Gasteiger partial charge in [-0.3, -0.25) is 9.80 Å². The number of hydrogen-bond acceptors (Lipinski definition) is 8. The summed E-state index contributed by atoms with van der Waals surface area (Å²) in [6.07, 6.45) is -3.06. The number of hydrogen-bond donors (Lipinski definition) is 4. The lowest BCUT2D eigenvalue weighted by Gasteiger charge is -2.44. The highest BCUT2D eigenvalue weighted by molar-refractivity contribution is 6.59. The Hall–Kier alpha value is -4.41. The van der Waals surface area contributed by atoms with Crippen LogP contribution in [0.1, 0.15) is 28.3 Å². The van der Waals surface area contributed by atoms with Gasteiger partial charge in [0.15, 0.2) is 5.82 Å². The number of fused-ring (bicyclic) bond motifs is 2. The van der Waals surface area contributed by atoms with Crippen molar-refractivity contribution in [3.63, 3.8) is 0 Å². The summed E-state index contributed by atoms with van der Waals surface area (Å²) < 4.78 is 100. The molecule has 1 atom stereocenters. The molecule has 4 aromatic rings. The van der Waals surface area contributed by atoms with E-state index >= 15 is 0 Å². The third-order valence-corrected chi connectivity index (χ3v) is 8.17. The fourth-order valence-corrected chi connectivity index (χ4v) is 5.90. The molecule has 0 saturated carbocycles. The SMILES string of the molecule is [B]C([B])([B])C(O)(O)N1C(=C)N(C(F)F)c2c1cc(Nc1nncc3c(C(F)(F)F)cc(F)cc13)c(C(NC=C)c1cc(F)ccc1Cl)c2C. The Balaban J connectivity index is 1.90. The number of rotatable bonds is 9. The van der Waals surface area contributed by atoms with Crippen molar-refractivity contribution in [2.75, 3.05) is 15.1 Å². The van der Waals surface area contributed by atoms with Gasteiger partial charge in [-0.2, -0.15) is 27.1 Å². The third-order valence-electron chi connectivity index (χ3n) is 7.82. The Morgan fingerprint density at radius 1 is 1.02 bits per heavy atom. The summed E-state index contributed by atoms with van der Waals surface area (Å²) in [5, 5.41) is 31.3. The van der Waals surface area contributed by atoms with Crippen LogP contribution in [0.3, 0.4) is 0 Å². The van der Waals surface area contributed by atoms with Gasteiger partial charge in [0.05, 0.1) is 52.7 Å². The van der Waals surface area contributed by atoms with E-state index < -0.39 is 80.8 Å². The van der Waals surface area contributed by atoms with Crippen LogP contribution in [0.4, 0.5) is 53.6 Å². The molecule has 0 fully saturated rings. The standard InChI is InChI=1S/C30H21B3ClF7N6O2/c1-4-42-24(17-7-14(35)5-6-20(17)34)23-12(2)25-22(47(13(3)46(25)27(37)38)30(48,49)29(31,32)33)10-21(23)44-26-16-8-15(36)9-19(28(39,40)41)18(16)11-43-45-26/h4-11,24,27,42,48-49H,1,3H2,2H3,(H,44,45). The molecule has 1 aliphatic rings. The average molecular weight is 698 g/mol. The zero-order chi connectivity index (χ0) is 36.4. The summed E-state index contributed by atoms with van der Waals surface area (Å²) in [4.78, 5) is 0.726. The van der Waals surface area contributed by atoms with Crippen molar-refractivity contribution in [1.29, 1.82) is 0 Å². The first-order valence-electron chi connectivity index (χ1n) is 13.9. The lowest BCUT2D eigenvalue weighted by Crippen LogP contribution is -2.58. The van der Waals surface area contributed by atoms with Gasteiger partial charge in [0.2, 0.25) is 5.91 Å². The Labute approximate surface area is 283 Å². The lowest BCUT2D eigenvalue weighted by molar-refractivity contribution is -0.154. The van der Waals surface area contributed by atoms with E-state index in [1.54, 1.807) is 0 Å². The minimum atomic E-state index is -5.01. The van der Waals surface area contributed by atoms with Crippen LogP contribution in [0.15, 0.2) is 67.8 Å². The van der Waals surface area contributed by atoms with Gasteiger partial charge in [-0.25, -0.2) is 8.78 Å². The maximum absolute atomic E-state index is 14.7. The molecule has 1 aromatic heterocycles. The van der Waals surface area contributed by atoms with Gasteiger partial charge < -0.3 is 20.8 Å². The van der Waals surface area contributed by atoms with E-state index in [0.29, 0.717) is 9.80 Å². The predicted octanol–water partition coefficient (Wildman–Crippen LogP) is 5.99. The Morgan fingerprint density at radius 2 is 1.69 bits per heavy atom. The van der Waals surface area contributed by atoms with Gasteiger partial charge in [0.25, 0.3) is 0 Å². The van der Waals surface area contributed by atoms with Crippen molar-refractivity contribution in [2.45, 2.75) is 36.7 Å². The molecule has 0 bridgehead atoms. The van der Waals surface area contributed by atoms with Crippen molar-refractivity contribution in [2.24, 2.45) is 0 Å². The summed E-state index contributed by atoms with van der Waals surface area (Å²) in [7, 11) is 16.9. The summed E-state index contributed by atoms with van der Waals surface area (Å²) in [5.41, 5.74) is -2.45. The number of alkyl halides is 5. The van der Waals surface area contributed by atoms with Crippen LogP contribution in [0.25, 0.3) is 10.8 Å². The smallest absolute Gasteiger partial charge is 0.380 e. The Bertz CT molecular complexity index is 1990. The molecule has 0 spiro atoms. The first-order valence-corrected chi connectivity index (χ1v) is 14.2. The molecule has 8 nitrogen and oxygen atoms in total. The van der Waals surface area contributed by atoms with Gasteiger partial charge in [-0.15, -0.1) is 5.10 Å². The van der Waals surface area contributed by atoms with E-state index in [1.165, 1.54) is 19.2 Å². The molecule has 3 aromatic carbocycles. The molecule has 4 N–H and O–H groups in total. The molecule has 0 saturated heterocycles. The van der Waals surface area contributed by atoms with Gasteiger partial charge >= 0.3 is 12.7 Å². The number of halogens is 8. The second-order valence-electron chi connectivity index (χ2n) is 11.0. The fraction of sp³-hybridized carbons (Fsp3) is 0.200. The number of anilines is 4. The van der Waals surface area contributed by atoms with E-state index in [2.05, 4.69) is 34.0 Å². The summed E-state index contributed by atoms with van der Waals surface area (Å²) >= 11 is 6.46. The van der Waals surface area contributed by atoms with Crippen LogP contribution in [-0.2, 0) is 6.18 Å². The van der Waals surface area contributed by atoms with Crippen LogP contribution in [0.5, 0.6) is 0 Å². The fourth-order valence-electron chi connectivity index (χ4n) is 5.67. The molecule has 1 unspecified atom stereocenters. The lowest BCUT2D eigenvalue weighted by atomic mass is 9.40. The van der Waals surface area contributed by atoms with Crippen LogP contribution in [0, 0.1) is 18.6 Å². The average Bonchev–Trinajstić information content (AvgIpc) is 3.29. The first kappa shape index (κ1) is 35.9. The van der Waals surface area contributed by atoms with E-state index in [-0.39, 0.29) is 33.5 Å². The highest BCUT2D eigenvalue weighted by Crippen LogP contribution is 2.54. The molecule has 0 aliphatic carbocycles. The molecule has 0 amide bonds. The number of aliphatic hydroxyl groups is 2. The van der Waals surface area contributed by atoms with Crippen LogP contribution in [-0.4, -0.2) is 56.4 Å². The topological polar surface area (TPSA) is 96.8 Å². The minimum absolute atomic E-state index is 0.00546. The van der Waals surface area contributed by atoms with Gasteiger partial charge in [-0.1, -0.05) is 29.9 Å². The van der Waals surface area contributed by atoms with Crippen molar-refractivity contribution in [3.05, 3.63) is 107 Å². The molecule has 5 rings (SSSR count). The van der Waals surface area contributed by atoms with Crippen molar-refractivity contribution < 1.29 is 40.9 Å². The van der Waals surface area contributed by atoms with E-state index in [9.17, 15) is 40.9 Å². The van der Waals surface area contributed by atoms with Crippen molar-refractivity contribution in [3.8, 4) is 0 Å². The number of nitrogens with zero attached hydrogens (tertiary/aromatic N) is 4. The molecule has 49 heavy (non-hydrogen) atoms. The van der Waals surface area contributed by atoms with Crippen LogP contribution < -0.4 is 20.4 Å². The zero-order valence-electron chi connectivity index (χ0n) is 25.1. The Morgan fingerprint density at radius 3 is 2.29 bits per heavy atom. The van der Waals surface area contributed by atoms with Crippen LogP contribution >= 0.6 is 11.6 Å². The Kier molecular flexibility index (Phi) is 9.14. The van der Waals surface area contributed by atoms with Crippen molar-refractivity contribution in [1.82, 2.24) is 15.5 Å². The highest BCUT2D eigenvalue weighted by Gasteiger charge is 2.51. The quantitative estimate of drug-likeness (QED) is 0.0734. The second-order valence-corrected chi connectivity index (χ2v) is 11.4. The van der Waals surface area contributed by atoms with Gasteiger partial charge in [0.1, 0.15) is 17.5 Å². The zero-order valence-corrected chi connectivity index (χ0v) is 25.9. The van der Waals surface area contributed by atoms with Crippen molar-refractivity contribution >= 4 is 68.8 Å². The second kappa shape index (κ2) is 12.5. The summed E-state index contributed by atoms with van der Waals surface area (Å²) in [6.45, 7) is 5.13. The number of nitrogens with one attached hydrogen (secondary N) is 2. The number of benzene rings is 3. The van der Waals surface area contributed by atoms with E-state index in [0.717, 1.165) is 30.5 Å². The summed E-state index contributed by atoms with van der Waals surface area (Å²) in [5.74, 6) is -6.73. The van der Waals surface area contributed by atoms with E-state index in [4.69, 9.17) is 35.1 Å². The molecule has 1 aliphatic heterocycles. The molecule has 6 radical (unpaired) electrons. The first-order chi connectivity index (χ1) is 22.7. The molecule has 2 heterocycles. The predicted molar refractivity (Wildman–Crippen MR) is 173 cm³/mol. The third kappa shape index (κ3) is 6.17.